The summed E-state index contributed by atoms with van der Waals surface area (Å²) in [5.74, 6) is -0.0286. The Hall–Kier alpha value is -2.79. The fourth-order valence-corrected chi connectivity index (χ4v) is 5.42. The van der Waals surface area contributed by atoms with Crippen molar-refractivity contribution in [1.29, 1.82) is 5.26 Å². The van der Waals surface area contributed by atoms with Gasteiger partial charge in [-0.2, -0.15) is 5.26 Å². The normalized spacial score (nSPS) is 12.1. The molecule has 1 N–H and O–H groups in total. The van der Waals surface area contributed by atoms with E-state index in [1.807, 2.05) is 6.07 Å². The van der Waals surface area contributed by atoms with Crippen LogP contribution < -0.4 is 5.32 Å². The van der Waals surface area contributed by atoms with Gasteiger partial charge in [0.1, 0.15) is 16.9 Å². The van der Waals surface area contributed by atoms with Crippen LogP contribution in [0.1, 0.15) is 11.1 Å². The Morgan fingerprint density at radius 2 is 1.74 bits per heavy atom. The number of halogens is 2. The number of benzene rings is 3. The van der Waals surface area contributed by atoms with Gasteiger partial charge < -0.3 is 5.32 Å². The van der Waals surface area contributed by atoms with Crippen molar-refractivity contribution in [3.05, 3.63) is 105 Å². The van der Waals surface area contributed by atoms with Crippen LogP contribution in [0.25, 0.3) is 0 Å². The van der Waals surface area contributed by atoms with Crippen molar-refractivity contribution in [1.82, 2.24) is 0 Å². The number of hydrogen-bond acceptors (Lipinski definition) is 5. The molecule has 4 nitrogen and oxygen atoms in total. The van der Waals surface area contributed by atoms with E-state index in [2.05, 4.69) is 5.32 Å². The van der Waals surface area contributed by atoms with Gasteiger partial charge in [-0.25, -0.2) is 12.8 Å². The van der Waals surface area contributed by atoms with E-state index in [1.54, 1.807) is 55.5 Å². The number of rotatable bonds is 7. The summed E-state index contributed by atoms with van der Waals surface area (Å²) in [5, 5.41) is 13.6. The maximum Gasteiger partial charge on any atom is 0.219 e. The lowest BCUT2D eigenvalue weighted by Crippen LogP contribution is -2.11. The molecule has 158 valence electrons. The first-order valence-corrected chi connectivity index (χ1v) is 12.0. The van der Waals surface area contributed by atoms with E-state index in [0.29, 0.717) is 16.5 Å². The summed E-state index contributed by atoms with van der Waals surface area (Å²) in [6, 6.07) is 20.7. The number of nitriles is 1. The van der Waals surface area contributed by atoms with Gasteiger partial charge in [0, 0.05) is 16.5 Å². The summed E-state index contributed by atoms with van der Waals surface area (Å²) in [6.45, 7) is 1.80. The third-order valence-corrected chi connectivity index (χ3v) is 7.78. The van der Waals surface area contributed by atoms with Gasteiger partial charge in [0.15, 0.2) is 4.91 Å². The molecule has 3 aromatic carbocycles. The molecule has 0 spiro atoms. The van der Waals surface area contributed by atoms with E-state index in [0.717, 1.165) is 22.9 Å². The van der Waals surface area contributed by atoms with Crippen LogP contribution in [-0.2, 0) is 15.6 Å². The van der Waals surface area contributed by atoms with Crippen molar-refractivity contribution in [3.63, 3.8) is 0 Å². The minimum atomic E-state index is -4.06. The lowest BCUT2D eigenvalue weighted by Gasteiger charge is -2.16. The molecule has 0 aliphatic heterocycles. The minimum absolute atomic E-state index is 0.0241. The zero-order valence-electron chi connectivity index (χ0n) is 16.5. The van der Waals surface area contributed by atoms with Gasteiger partial charge in [0.25, 0.3) is 0 Å². The summed E-state index contributed by atoms with van der Waals surface area (Å²) < 4.78 is 39.6. The van der Waals surface area contributed by atoms with Crippen molar-refractivity contribution in [2.75, 3.05) is 5.32 Å². The molecule has 31 heavy (non-hydrogen) atoms. The van der Waals surface area contributed by atoms with Crippen molar-refractivity contribution < 1.29 is 12.8 Å². The quantitative estimate of drug-likeness (QED) is 0.408. The second-order valence-electron chi connectivity index (χ2n) is 6.54. The first-order valence-electron chi connectivity index (χ1n) is 9.17. The standard InChI is InChI=1S/C23H18ClFN2O2S2/c1-16-20(24)8-5-9-21(16)27-23(30-15-17-10-12-18(25)13-11-17)22(14-26)31(28,29)19-6-3-2-4-7-19/h2-13,27H,15H2,1H3. The zero-order valence-corrected chi connectivity index (χ0v) is 18.9. The van der Waals surface area contributed by atoms with E-state index >= 15 is 0 Å². The molecular formula is C23H18ClFN2O2S2. The predicted octanol–water partition coefficient (Wildman–Crippen LogP) is 6.30. The lowest BCUT2D eigenvalue weighted by atomic mass is 10.2. The Bertz CT molecular complexity index is 1250. The van der Waals surface area contributed by atoms with Crippen LogP contribution in [0.2, 0.25) is 5.02 Å². The second kappa shape index (κ2) is 10.0. The van der Waals surface area contributed by atoms with Crippen molar-refractivity contribution in [2.24, 2.45) is 0 Å². The Labute approximate surface area is 190 Å². The third kappa shape index (κ3) is 5.47. The lowest BCUT2D eigenvalue weighted by molar-refractivity contribution is 0.603. The number of nitrogens with zero attached hydrogens (tertiary/aromatic N) is 1. The topological polar surface area (TPSA) is 70.0 Å². The van der Waals surface area contributed by atoms with Crippen LogP contribution in [0.5, 0.6) is 0 Å². The minimum Gasteiger partial charge on any atom is -0.348 e. The average molecular weight is 473 g/mol. The summed E-state index contributed by atoms with van der Waals surface area (Å²) in [7, 11) is -4.06. The van der Waals surface area contributed by atoms with Gasteiger partial charge in [0.05, 0.1) is 4.90 Å². The molecule has 0 heterocycles. The summed E-state index contributed by atoms with van der Waals surface area (Å²) in [6.07, 6.45) is 0. The van der Waals surface area contributed by atoms with Gasteiger partial charge in [-0.05, 0) is 54.4 Å². The molecule has 0 amide bonds. The molecule has 0 bridgehead atoms. The molecule has 8 heteroatoms. The van der Waals surface area contributed by atoms with Gasteiger partial charge in [-0.3, -0.25) is 0 Å². The average Bonchev–Trinajstić information content (AvgIpc) is 2.77. The van der Waals surface area contributed by atoms with Crippen LogP contribution in [0.15, 0.2) is 87.6 Å². The highest BCUT2D eigenvalue weighted by Crippen LogP contribution is 2.33. The number of nitrogens with one attached hydrogen (secondary N) is 1. The molecule has 3 rings (SSSR count). The fraction of sp³-hybridized carbons (Fsp3) is 0.0870. The summed E-state index contributed by atoms with van der Waals surface area (Å²) >= 11 is 7.35. The van der Waals surface area contributed by atoms with Crippen LogP contribution in [0.3, 0.4) is 0 Å². The maximum absolute atomic E-state index is 13.2. The van der Waals surface area contributed by atoms with Crippen molar-refractivity contribution in [2.45, 2.75) is 17.6 Å². The number of sulfone groups is 1. The molecule has 0 fully saturated rings. The summed E-state index contributed by atoms with van der Waals surface area (Å²) in [5.41, 5.74) is 2.09. The van der Waals surface area contributed by atoms with Crippen LogP contribution in [-0.4, -0.2) is 8.42 Å². The van der Waals surface area contributed by atoms with Gasteiger partial charge >= 0.3 is 0 Å². The third-order valence-electron chi connectivity index (χ3n) is 4.44. The van der Waals surface area contributed by atoms with Gasteiger partial charge in [0.2, 0.25) is 9.84 Å². The fourth-order valence-electron chi connectivity index (χ4n) is 2.71. The largest absolute Gasteiger partial charge is 0.348 e. The molecular weight excluding hydrogens is 455 g/mol. The van der Waals surface area contributed by atoms with Gasteiger partial charge in [-0.15, -0.1) is 11.8 Å². The number of thioether (sulfide) groups is 1. The predicted molar refractivity (Wildman–Crippen MR) is 124 cm³/mol. The highest BCUT2D eigenvalue weighted by molar-refractivity contribution is 8.04. The van der Waals surface area contributed by atoms with E-state index in [1.165, 1.54) is 24.3 Å². The highest BCUT2D eigenvalue weighted by atomic mass is 35.5. The van der Waals surface area contributed by atoms with Gasteiger partial charge in [-0.1, -0.05) is 48.0 Å². The van der Waals surface area contributed by atoms with Crippen LogP contribution in [0.4, 0.5) is 10.1 Å². The number of anilines is 1. The first-order chi connectivity index (χ1) is 14.8. The Balaban J connectivity index is 2.07. The molecule has 0 unspecified atom stereocenters. The molecule has 0 aliphatic carbocycles. The van der Waals surface area contributed by atoms with Crippen LogP contribution in [0, 0.1) is 24.1 Å². The molecule has 3 aromatic rings. The van der Waals surface area contributed by atoms with E-state index < -0.39 is 14.7 Å². The number of hydrogen-bond donors (Lipinski definition) is 1. The molecule has 0 aliphatic rings. The van der Waals surface area contributed by atoms with Crippen molar-refractivity contribution >= 4 is 38.9 Å². The van der Waals surface area contributed by atoms with E-state index in [9.17, 15) is 18.1 Å². The maximum atomic E-state index is 13.2. The Kier molecular flexibility index (Phi) is 7.39. The molecule has 0 radical (unpaired) electrons. The van der Waals surface area contributed by atoms with Crippen molar-refractivity contribution in [3.8, 4) is 6.07 Å². The Morgan fingerprint density at radius 3 is 2.39 bits per heavy atom. The monoisotopic (exact) mass is 472 g/mol. The van der Waals surface area contributed by atoms with E-state index in [-0.39, 0.29) is 15.7 Å². The molecule has 0 atom stereocenters. The Morgan fingerprint density at radius 1 is 1.06 bits per heavy atom. The smallest absolute Gasteiger partial charge is 0.219 e. The van der Waals surface area contributed by atoms with Crippen LogP contribution >= 0.6 is 23.4 Å². The van der Waals surface area contributed by atoms with E-state index in [4.69, 9.17) is 11.6 Å². The molecule has 0 aromatic heterocycles. The highest BCUT2D eigenvalue weighted by Gasteiger charge is 2.26. The molecule has 0 saturated carbocycles. The second-order valence-corrected chi connectivity index (χ2v) is 9.82. The SMILES string of the molecule is Cc1c(Cl)cccc1NC(SCc1ccc(F)cc1)=C(C#N)S(=O)(=O)c1ccccc1. The molecule has 0 saturated heterocycles. The number of allylic oxidation sites excluding steroid dienone is 1. The summed E-state index contributed by atoms with van der Waals surface area (Å²) in [4.78, 5) is -0.374. The first kappa shape index (κ1) is 22.9. The zero-order chi connectivity index (χ0) is 22.4.